The fourth-order valence-electron chi connectivity index (χ4n) is 1.70. The van der Waals surface area contributed by atoms with Crippen molar-refractivity contribution in [3.05, 3.63) is 35.4 Å². The molecule has 2 unspecified atom stereocenters. The molecule has 1 aromatic rings. The summed E-state index contributed by atoms with van der Waals surface area (Å²) in [4.78, 5) is 25.4. The lowest BCUT2D eigenvalue weighted by atomic mass is 10.1. The predicted molar refractivity (Wildman–Crippen MR) is 84.7 cm³/mol. The summed E-state index contributed by atoms with van der Waals surface area (Å²) < 4.78 is 0. The maximum absolute atomic E-state index is 12.1. The molecule has 0 aliphatic heterocycles. The van der Waals surface area contributed by atoms with Crippen molar-refractivity contribution in [2.45, 2.75) is 19.1 Å². The van der Waals surface area contributed by atoms with Gasteiger partial charge in [0, 0.05) is 11.1 Å². The molecule has 1 rings (SSSR count). The van der Waals surface area contributed by atoms with Crippen LogP contribution in [0.4, 0.5) is 0 Å². The summed E-state index contributed by atoms with van der Waals surface area (Å²) in [5, 5.41) is 20.5. The fraction of sp³-hybridized carbons (Fsp3) is 0.375. The first-order chi connectivity index (χ1) is 10.8. The van der Waals surface area contributed by atoms with Crippen molar-refractivity contribution in [1.82, 2.24) is 15.7 Å². The summed E-state index contributed by atoms with van der Waals surface area (Å²) in [5.74, 6) is 4.52. The molecule has 0 fully saturated rings. The highest BCUT2D eigenvalue weighted by Crippen LogP contribution is 2.05. The maximum atomic E-state index is 12.1. The van der Waals surface area contributed by atoms with Crippen LogP contribution in [0.5, 0.6) is 0 Å². The van der Waals surface area contributed by atoms with Gasteiger partial charge in [-0.25, -0.2) is 5.48 Å². The predicted octanol–water partition coefficient (Wildman–Crippen LogP) is -0.416. The third-order valence-corrected chi connectivity index (χ3v) is 2.94. The number of nitrogens with one attached hydrogen (secondary N) is 2. The highest BCUT2D eigenvalue weighted by molar-refractivity contribution is 5.97. The summed E-state index contributed by atoms with van der Waals surface area (Å²) in [7, 11) is 3.84. The summed E-state index contributed by atoms with van der Waals surface area (Å²) in [5.41, 5.74) is 2.49. The Labute approximate surface area is 135 Å². The van der Waals surface area contributed by atoms with Gasteiger partial charge in [-0.2, -0.15) is 0 Å². The van der Waals surface area contributed by atoms with Crippen LogP contribution in [0.15, 0.2) is 24.3 Å². The van der Waals surface area contributed by atoms with E-state index in [9.17, 15) is 14.7 Å². The van der Waals surface area contributed by atoms with Crippen molar-refractivity contribution >= 4 is 11.8 Å². The second-order valence-electron chi connectivity index (χ2n) is 5.28. The Morgan fingerprint density at radius 3 is 2.35 bits per heavy atom. The van der Waals surface area contributed by atoms with Crippen LogP contribution in [0.25, 0.3) is 0 Å². The second kappa shape index (κ2) is 8.90. The van der Waals surface area contributed by atoms with Crippen molar-refractivity contribution in [3.63, 3.8) is 0 Å². The molecule has 0 saturated carbocycles. The van der Waals surface area contributed by atoms with Gasteiger partial charge in [0.15, 0.2) is 0 Å². The van der Waals surface area contributed by atoms with E-state index in [1.807, 2.05) is 19.0 Å². The van der Waals surface area contributed by atoms with Crippen LogP contribution in [0.3, 0.4) is 0 Å². The van der Waals surface area contributed by atoms with Crippen molar-refractivity contribution in [1.29, 1.82) is 0 Å². The zero-order valence-electron chi connectivity index (χ0n) is 13.3. The Morgan fingerprint density at radius 2 is 1.87 bits per heavy atom. The van der Waals surface area contributed by atoms with Crippen molar-refractivity contribution in [2.75, 3.05) is 20.6 Å². The van der Waals surface area contributed by atoms with Gasteiger partial charge >= 0.3 is 0 Å². The molecule has 0 aliphatic carbocycles. The van der Waals surface area contributed by atoms with Crippen LogP contribution >= 0.6 is 0 Å². The van der Waals surface area contributed by atoms with Crippen LogP contribution in [0, 0.1) is 11.8 Å². The number of nitrogens with zero attached hydrogens (tertiary/aromatic N) is 1. The third kappa shape index (κ3) is 6.08. The molecular weight excluding hydrogens is 298 g/mol. The third-order valence-electron chi connectivity index (χ3n) is 2.94. The summed E-state index contributed by atoms with van der Waals surface area (Å²) in [6.45, 7) is 1.97. The molecule has 7 nitrogen and oxygen atoms in total. The highest BCUT2D eigenvalue weighted by atomic mass is 16.5. The number of hydrogen-bond donors (Lipinski definition) is 4. The number of hydrogen-bond acceptors (Lipinski definition) is 5. The van der Waals surface area contributed by atoms with Crippen molar-refractivity contribution < 1.29 is 19.9 Å². The number of carbonyl (C=O) groups excluding carboxylic acids is 2. The molecule has 0 aromatic heterocycles. The van der Waals surface area contributed by atoms with Gasteiger partial charge in [0.1, 0.15) is 6.04 Å². The quantitative estimate of drug-likeness (QED) is 0.336. The standard InChI is InChI=1S/C16H21N3O4/c1-11(20)14(16(22)18-23)17-15(21)13-8-6-12(7-9-13)5-4-10-19(2)3/h6-9,11,14,20,23H,10H2,1-3H3,(H,17,21)(H,18,22). The molecule has 124 valence electrons. The van der Waals surface area contributed by atoms with Gasteiger partial charge < -0.3 is 10.4 Å². The van der Waals surface area contributed by atoms with Gasteiger partial charge in [0.2, 0.25) is 0 Å². The molecule has 2 atom stereocenters. The lowest BCUT2D eigenvalue weighted by Crippen LogP contribution is -2.51. The average Bonchev–Trinajstić information content (AvgIpc) is 2.51. The largest absolute Gasteiger partial charge is 0.391 e. The second-order valence-corrected chi connectivity index (χ2v) is 5.28. The van der Waals surface area contributed by atoms with Gasteiger partial charge in [-0.05, 0) is 45.3 Å². The van der Waals surface area contributed by atoms with E-state index in [1.54, 1.807) is 24.3 Å². The molecule has 7 heteroatoms. The Bertz CT molecular complexity index is 600. The number of amides is 2. The zero-order valence-corrected chi connectivity index (χ0v) is 13.3. The zero-order chi connectivity index (χ0) is 17.4. The Hall–Kier alpha value is -2.40. The highest BCUT2D eigenvalue weighted by Gasteiger charge is 2.25. The molecule has 0 bridgehead atoms. The first-order valence-corrected chi connectivity index (χ1v) is 7.01. The Kier molecular flexibility index (Phi) is 7.22. The molecule has 0 aliphatic rings. The molecule has 4 N–H and O–H groups in total. The van der Waals surface area contributed by atoms with Crippen LogP contribution in [0.2, 0.25) is 0 Å². The number of aliphatic hydroxyl groups is 1. The first kappa shape index (κ1) is 18.6. The minimum Gasteiger partial charge on any atom is -0.391 e. The average molecular weight is 319 g/mol. The van der Waals surface area contributed by atoms with E-state index in [4.69, 9.17) is 5.21 Å². The number of rotatable bonds is 5. The van der Waals surface area contributed by atoms with Crippen molar-refractivity contribution in [3.8, 4) is 11.8 Å². The van der Waals surface area contributed by atoms with E-state index in [0.717, 1.165) is 5.56 Å². The van der Waals surface area contributed by atoms with E-state index in [0.29, 0.717) is 12.1 Å². The molecule has 0 spiro atoms. The smallest absolute Gasteiger partial charge is 0.268 e. The number of benzene rings is 1. The number of carbonyl (C=O) groups is 2. The summed E-state index contributed by atoms with van der Waals surface area (Å²) in [6.07, 6.45) is -1.15. The topological polar surface area (TPSA) is 102 Å². The van der Waals surface area contributed by atoms with Crippen LogP contribution in [0.1, 0.15) is 22.8 Å². The van der Waals surface area contributed by atoms with E-state index >= 15 is 0 Å². The summed E-state index contributed by atoms with van der Waals surface area (Å²) in [6, 6.07) is 5.30. The molecule has 0 heterocycles. The van der Waals surface area contributed by atoms with Gasteiger partial charge in [-0.3, -0.25) is 19.7 Å². The Balaban J connectivity index is 2.76. The minimum absolute atomic E-state index is 0.319. The van der Waals surface area contributed by atoms with Gasteiger partial charge in [0.25, 0.3) is 11.8 Å². The van der Waals surface area contributed by atoms with E-state index in [-0.39, 0.29) is 0 Å². The van der Waals surface area contributed by atoms with Crippen molar-refractivity contribution in [2.24, 2.45) is 0 Å². The lowest BCUT2D eigenvalue weighted by molar-refractivity contribution is -0.133. The summed E-state index contributed by atoms with van der Waals surface area (Å²) >= 11 is 0. The molecular formula is C16H21N3O4. The van der Waals surface area contributed by atoms with E-state index in [1.165, 1.54) is 12.4 Å². The van der Waals surface area contributed by atoms with Gasteiger partial charge in [-0.1, -0.05) is 11.8 Å². The normalized spacial score (nSPS) is 12.8. The molecule has 0 radical (unpaired) electrons. The molecule has 1 aromatic carbocycles. The Morgan fingerprint density at radius 1 is 1.26 bits per heavy atom. The van der Waals surface area contributed by atoms with Crippen LogP contribution < -0.4 is 10.8 Å². The first-order valence-electron chi connectivity index (χ1n) is 7.01. The van der Waals surface area contributed by atoms with Crippen LogP contribution in [-0.4, -0.2) is 59.8 Å². The molecule has 23 heavy (non-hydrogen) atoms. The van der Waals surface area contributed by atoms with Crippen LogP contribution in [-0.2, 0) is 4.79 Å². The number of aliphatic hydroxyl groups excluding tert-OH is 1. The van der Waals surface area contributed by atoms with E-state index in [2.05, 4.69) is 17.2 Å². The molecule has 2 amide bonds. The van der Waals surface area contributed by atoms with Gasteiger partial charge in [-0.15, -0.1) is 0 Å². The molecule has 0 saturated heterocycles. The fourth-order valence-corrected chi connectivity index (χ4v) is 1.70. The number of hydroxylamine groups is 1. The van der Waals surface area contributed by atoms with Gasteiger partial charge in [0.05, 0.1) is 12.6 Å². The lowest BCUT2D eigenvalue weighted by Gasteiger charge is -2.19. The maximum Gasteiger partial charge on any atom is 0.268 e. The SMILES string of the molecule is CC(O)C(NC(=O)c1ccc(C#CCN(C)C)cc1)C(=O)NO. The minimum atomic E-state index is -1.24. The van der Waals surface area contributed by atoms with E-state index < -0.39 is 24.0 Å². The monoisotopic (exact) mass is 319 g/mol.